The molecule has 0 aromatic carbocycles. The summed E-state index contributed by atoms with van der Waals surface area (Å²) in [6.45, 7) is 6.34. The number of aromatic nitrogens is 1. The van der Waals surface area contributed by atoms with Crippen molar-refractivity contribution in [1.29, 1.82) is 0 Å². The monoisotopic (exact) mass is 476 g/mol. The van der Waals surface area contributed by atoms with E-state index >= 15 is 0 Å². The number of ether oxygens (including phenoxy) is 1. The fraction of sp³-hybridized carbons (Fsp3) is 0.720. The van der Waals surface area contributed by atoms with Crippen LogP contribution in [0.2, 0.25) is 0 Å². The summed E-state index contributed by atoms with van der Waals surface area (Å²) in [7, 11) is 6.92. The van der Waals surface area contributed by atoms with Crippen molar-refractivity contribution in [2.45, 2.75) is 70.6 Å². The zero-order valence-corrected chi connectivity index (χ0v) is 21.7. The summed E-state index contributed by atoms with van der Waals surface area (Å²) in [4.78, 5) is 43.6. The molecule has 1 spiro atoms. The first-order valence-electron chi connectivity index (χ1n) is 12.0. The predicted molar refractivity (Wildman–Crippen MR) is 131 cm³/mol. The quantitative estimate of drug-likeness (QED) is 0.718. The number of hydrogen-bond acceptors (Lipinski definition) is 6. The van der Waals surface area contributed by atoms with Crippen LogP contribution in [0.25, 0.3) is 0 Å². The second kappa shape index (κ2) is 9.24. The topological polar surface area (TPSA) is 95.3 Å². The Hall–Kier alpha value is -2.55. The fourth-order valence-electron chi connectivity index (χ4n) is 5.33. The molecule has 1 aliphatic heterocycles. The summed E-state index contributed by atoms with van der Waals surface area (Å²) >= 11 is 0. The van der Waals surface area contributed by atoms with Crippen LogP contribution >= 0.6 is 0 Å². The van der Waals surface area contributed by atoms with Gasteiger partial charge in [0.1, 0.15) is 5.60 Å². The van der Waals surface area contributed by atoms with Crippen LogP contribution in [0.4, 0.5) is 10.5 Å². The molecule has 34 heavy (non-hydrogen) atoms. The zero-order chi connectivity index (χ0) is 25.5. The Morgan fingerprint density at radius 3 is 2.26 bits per heavy atom. The second-order valence-corrected chi connectivity index (χ2v) is 11.3. The molecular formula is C25H40N4O5. The molecule has 2 heterocycles. The van der Waals surface area contributed by atoms with Crippen molar-refractivity contribution in [3.63, 3.8) is 0 Å². The van der Waals surface area contributed by atoms with E-state index in [9.17, 15) is 19.5 Å². The van der Waals surface area contributed by atoms with E-state index in [1.54, 1.807) is 44.2 Å². The Kier molecular flexibility index (Phi) is 7.09. The fourth-order valence-corrected chi connectivity index (χ4v) is 5.33. The summed E-state index contributed by atoms with van der Waals surface area (Å²) in [6, 6.07) is 1.46. The van der Waals surface area contributed by atoms with E-state index < -0.39 is 16.6 Å². The highest BCUT2D eigenvalue weighted by molar-refractivity contribution is 5.99. The van der Waals surface area contributed by atoms with Gasteiger partial charge in [-0.25, -0.2) is 4.79 Å². The molecule has 9 nitrogen and oxygen atoms in total. The van der Waals surface area contributed by atoms with Crippen LogP contribution in [0.15, 0.2) is 17.1 Å². The first-order valence-corrected chi connectivity index (χ1v) is 12.0. The molecule has 1 aliphatic carbocycles. The minimum atomic E-state index is -1.18. The number of likely N-dealkylation sites (tertiary alicyclic amines) is 1. The third kappa shape index (κ3) is 5.09. The van der Waals surface area contributed by atoms with E-state index in [2.05, 4.69) is 0 Å². The number of carbonyl (C=O) groups excluding carboxylic acids is 2. The average molecular weight is 477 g/mol. The van der Waals surface area contributed by atoms with Crippen LogP contribution < -0.4 is 10.5 Å². The number of carbonyl (C=O) groups is 2. The van der Waals surface area contributed by atoms with Gasteiger partial charge in [-0.15, -0.1) is 0 Å². The normalized spacial score (nSPS) is 22.1. The SMILES string of the molecule is CN(C)C(=O)c1cn(CC2(O)CCN(C(=O)OC(C)(C)C)CC23CCCC3)c(=O)cc1N(C)C. The molecule has 1 saturated heterocycles. The van der Waals surface area contributed by atoms with Gasteiger partial charge in [-0.1, -0.05) is 12.8 Å². The lowest BCUT2D eigenvalue weighted by Gasteiger charge is -2.52. The van der Waals surface area contributed by atoms with Crippen molar-refractivity contribution in [3.05, 3.63) is 28.2 Å². The van der Waals surface area contributed by atoms with Crippen molar-refractivity contribution < 1.29 is 19.4 Å². The maximum Gasteiger partial charge on any atom is 0.410 e. The molecule has 0 radical (unpaired) electrons. The number of hydrogen-bond donors (Lipinski definition) is 1. The molecule has 1 aromatic heterocycles. The molecule has 2 aliphatic rings. The molecule has 1 saturated carbocycles. The van der Waals surface area contributed by atoms with E-state index in [1.165, 1.54) is 15.5 Å². The molecule has 0 bridgehead atoms. The molecule has 190 valence electrons. The minimum absolute atomic E-state index is 0.0788. The molecular weight excluding hydrogens is 436 g/mol. The van der Waals surface area contributed by atoms with Gasteiger partial charge >= 0.3 is 6.09 Å². The van der Waals surface area contributed by atoms with E-state index in [-0.39, 0.29) is 24.1 Å². The van der Waals surface area contributed by atoms with Gasteiger partial charge in [0.2, 0.25) is 0 Å². The number of amides is 2. The van der Waals surface area contributed by atoms with Gasteiger partial charge in [0.05, 0.1) is 23.4 Å². The van der Waals surface area contributed by atoms with Gasteiger partial charge in [-0.05, 0) is 40.0 Å². The van der Waals surface area contributed by atoms with Crippen LogP contribution in [-0.4, -0.2) is 84.0 Å². The third-order valence-corrected chi connectivity index (χ3v) is 7.14. The number of piperidine rings is 1. The molecule has 1 unspecified atom stereocenters. The Balaban J connectivity index is 1.95. The van der Waals surface area contributed by atoms with Gasteiger partial charge in [0.15, 0.2) is 0 Å². The van der Waals surface area contributed by atoms with Gasteiger partial charge < -0.3 is 29.1 Å². The van der Waals surface area contributed by atoms with Crippen LogP contribution in [0.1, 0.15) is 63.2 Å². The first kappa shape index (κ1) is 26.1. The van der Waals surface area contributed by atoms with Crippen LogP contribution in [-0.2, 0) is 11.3 Å². The molecule has 1 aromatic rings. The highest BCUT2D eigenvalue weighted by Gasteiger charge is 2.56. The first-order chi connectivity index (χ1) is 15.7. The van der Waals surface area contributed by atoms with Crippen molar-refractivity contribution in [1.82, 2.24) is 14.4 Å². The molecule has 1 atom stereocenters. The van der Waals surface area contributed by atoms with Crippen LogP contribution in [0.5, 0.6) is 0 Å². The molecule has 3 rings (SSSR count). The van der Waals surface area contributed by atoms with Crippen LogP contribution in [0.3, 0.4) is 0 Å². The van der Waals surface area contributed by atoms with Crippen molar-refractivity contribution >= 4 is 17.7 Å². The summed E-state index contributed by atoms with van der Waals surface area (Å²) in [6.07, 6.45) is 5.01. The summed E-state index contributed by atoms with van der Waals surface area (Å²) in [5, 5.41) is 12.0. The Morgan fingerprint density at radius 1 is 1.12 bits per heavy atom. The third-order valence-electron chi connectivity index (χ3n) is 7.14. The van der Waals surface area contributed by atoms with Gasteiger partial charge in [-0.2, -0.15) is 0 Å². The average Bonchev–Trinajstić information content (AvgIpc) is 3.19. The van der Waals surface area contributed by atoms with E-state index in [0.717, 1.165) is 25.7 Å². The van der Waals surface area contributed by atoms with Gasteiger partial charge in [-0.3, -0.25) is 9.59 Å². The molecule has 2 fully saturated rings. The summed E-state index contributed by atoms with van der Waals surface area (Å²) in [5.41, 5.74) is -1.61. The number of aliphatic hydroxyl groups is 1. The van der Waals surface area contributed by atoms with Gasteiger partial charge in [0, 0.05) is 59.0 Å². The molecule has 1 N–H and O–H groups in total. The standard InChI is InChI=1S/C25H40N4O5/c1-23(2,3)34-22(32)28-13-12-25(33,24(16-28)10-8-9-11-24)17-29-15-18(21(31)27(6)7)19(26(4)5)14-20(29)30/h14-15,33H,8-13,16-17H2,1-7H3. The van der Waals surface area contributed by atoms with Gasteiger partial charge in [0.25, 0.3) is 11.5 Å². The highest BCUT2D eigenvalue weighted by atomic mass is 16.6. The highest BCUT2D eigenvalue weighted by Crippen LogP contribution is 2.51. The number of nitrogens with zero attached hydrogens (tertiary/aromatic N) is 4. The minimum Gasteiger partial charge on any atom is -0.444 e. The Bertz CT molecular complexity index is 988. The number of anilines is 1. The molecule has 2 amide bonds. The van der Waals surface area contributed by atoms with E-state index in [0.29, 0.717) is 30.8 Å². The Morgan fingerprint density at radius 2 is 1.74 bits per heavy atom. The van der Waals surface area contributed by atoms with Crippen molar-refractivity contribution in [2.75, 3.05) is 46.2 Å². The lowest BCUT2D eigenvalue weighted by molar-refractivity contribution is -0.140. The zero-order valence-electron chi connectivity index (χ0n) is 21.7. The van der Waals surface area contributed by atoms with E-state index in [4.69, 9.17) is 4.74 Å². The van der Waals surface area contributed by atoms with E-state index in [1.807, 2.05) is 20.8 Å². The number of pyridine rings is 1. The smallest absolute Gasteiger partial charge is 0.410 e. The lowest BCUT2D eigenvalue weighted by Crippen LogP contribution is -2.62. The van der Waals surface area contributed by atoms with Crippen LogP contribution in [0, 0.1) is 5.41 Å². The van der Waals surface area contributed by atoms with Crippen molar-refractivity contribution in [3.8, 4) is 0 Å². The largest absolute Gasteiger partial charge is 0.444 e. The lowest BCUT2D eigenvalue weighted by atomic mass is 9.66. The van der Waals surface area contributed by atoms with Crippen molar-refractivity contribution in [2.24, 2.45) is 5.41 Å². The number of rotatable bonds is 4. The Labute approximate surface area is 202 Å². The maximum absolute atomic E-state index is 13.1. The predicted octanol–water partition coefficient (Wildman–Crippen LogP) is 2.55. The summed E-state index contributed by atoms with van der Waals surface area (Å²) in [5.74, 6) is -0.209. The second-order valence-electron chi connectivity index (χ2n) is 11.3. The summed E-state index contributed by atoms with van der Waals surface area (Å²) < 4.78 is 7.05. The molecule has 9 heteroatoms. The maximum atomic E-state index is 13.1.